The first-order valence-corrected chi connectivity index (χ1v) is 7.68. The fraction of sp³-hybridized carbons (Fsp3) is 0.214. The maximum atomic E-state index is 11.9. The number of aryl methyl sites for hydroxylation is 1. The number of nitrogens with zero attached hydrogens (tertiary/aromatic N) is 2. The van der Waals surface area contributed by atoms with Gasteiger partial charge in [-0.1, -0.05) is 23.4 Å². The summed E-state index contributed by atoms with van der Waals surface area (Å²) in [7, 11) is 0. The zero-order valence-electron chi connectivity index (χ0n) is 11.5. The van der Waals surface area contributed by atoms with Gasteiger partial charge in [0.1, 0.15) is 0 Å². The van der Waals surface area contributed by atoms with Crippen LogP contribution in [-0.4, -0.2) is 21.6 Å². The Morgan fingerprint density at radius 2 is 2.24 bits per heavy atom. The molecule has 1 amide bonds. The zero-order valence-corrected chi connectivity index (χ0v) is 13.0. The Morgan fingerprint density at radius 3 is 3.00 bits per heavy atom. The van der Waals surface area contributed by atoms with Crippen molar-refractivity contribution in [2.24, 2.45) is 0 Å². The molecule has 2 rings (SSSR count). The van der Waals surface area contributed by atoms with Gasteiger partial charge in [-0.15, -0.1) is 0 Å². The number of nitrogens with two attached hydrogens (primary N) is 1. The van der Waals surface area contributed by atoms with Crippen LogP contribution in [-0.2, 0) is 4.79 Å². The molecule has 21 heavy (non-hydrogen) atoms. The standard InChI is InChI=1S/C14H15ClN4OS/c1-9-4-6-17-14(18-9)21-7-5-13(20)19-12-8-10(15)2-3-11(12)16/h2-4,6,8H,5,7,16H2,1H3,(H,19,20). The number of aromatic nitrogens is 2. The number of hydrogen-bond acceptors (Lipinski definition) is 5. The van der Waals surface area contributed by atoms with Gasteiger partial charge in [0, 0.05) is 29.1 Å². The monoisotopic (exact) mass is 322 g/mol. The summed E-state index contributed by atoms with van der Waals surface area (Å²) in [6.07, 6.45) is 2.05. The first-order valence-electron chi connectivity index (χ1n) is 6.32. The van der Waals surface area contributed by atoms with Crippen LogP contribution < -0.4 is 11.1 Å². The third kappa shape index (κ3) is 4.91. The molecule has 0 bridgehead atoms. The predicted octanol–water partition coefficient (Wildman–Crippen LogP) is 3.14. The molecule has 0 aliphatic heterocycles. The molecule has 0 saturated heterocycles. The smallest absolute Gasteiger partial charge is 0.225 e. The van der Waals surface area contributed by atoms with E-state index in [1.54, 1.807) is 24.4 Å². The van der Waals surface area contributed by atoms with Crippen molar-refractivity contribution in [2.75, 3.05) is 16.8 Å². The number of carbonyl (C=O) groups excluding carboxylic acids is 1. The Hall–Kier alpha value is -1.79. The van der Waals surface area contributed by atoms with Gasteiger partial charge in [0.2, 0.25) is 5.91 Å². The second-order valence-corrected chi connectivity index (χ2v) is 5.86. The van der Waals surface area contributed by atoms with Crippen LogP contribution >= 0.6 is 23.4 Å². The zero-order chi connectivity index (χ0) is 15.2. The first-order chi connectivity index (χ1) is 10.0. The molecule has 0 aliphatic carbocycles. The second kappa shape index (κ2) is 7.28. The molecular formula is C14H15ClN4OS. The van der Waals surface area contributed by atoms with E-state index in [0.717, 1.165) is 5.69 Å². The van der Waals surface area contributed by atoms with Crippen LogP contribution in [0.25, 0.3) is 0 Å². The van der Waals surface area contributed by atoms with Crippen LogP contribution in [0, 0.1) is 6.92 Å². The van der Waals surface area contributed by atoms with Crippen molar-refractivity contribution >= 4 is 40.6 Å². The number of thioether (sulfide) groups is 1. The third-order valence-electron chi connectivity index (χ3n) is 2.62. The van der Waals surface area contributed by atoms with E-state index in [0.29, 0.717) is 33.7 Å². The van der Waals surface area contributed by atoms with Gasteiger partial charge in [-0.2, -0.15) is 0 Å². The van der Waals surface area contributed by atoms with Crippen LogP contribution in [0.1, 0.15) is 12.1 Å². The molecule has 1 heterocycles. The summed E-state index contributed by atoms with van der Waals surface area (Å²) in [5.41, 5.74) is 7.70. The summed E-state index contributed by atoms with van der Waals surface area (Å²) in [5, 5.41) is 3.95. The van der Waals surface area contributed by atoms with Crippen molar-refractivity contribution in [3.05, 3.63) is 41.2 Å². The third-order valence-corrected chi connectivity index (χ3v) is 3.72. The van der Waals surface area contributed by atoms with Crippen LogP contribution in [0.3, 0.4) is 0 Å². The Bertz CT molecular complexity index is 651. The van der Waals surface area contributed by atoms with Crippen molar-refractivity contribution in [3.63, 3.8) is 0 Å². The molecule has 0 atom stereocenters. The van der Waals surface area contributed by atoms with Crippen LogP contribution in [0.4, 0.5) is 11.4 Å². The number of amides is 1. The fourth-order valence-corrected chi connectivity index (χ4v) is 2.57. The number of benzene rings is 1. The van der Waals surface area contributed by atoms with E-state index >= 15 is 0 Å². The molecule has 0 radical (unpaired) electrons. The number of carbonyl (C=O) groups is 1. The fourth-order valence-electron chi connectivity index (χ4n) is 1.58. The lowest BCUT2D eigenvalue weighted by Gasteiger charge is -2.08. The Labute approximate surface area is 132 Å². The largest absolute Gasteiger partial charge is 0.397 e. The van der Waals surface area contributed by atoms with Crippen molar-refractivity contribution < 1.29 is 4.79 Å². The van der Waals surface area contributed by atoms with Crippen molar-refractivity contribution in [2.45, 2.75) is 18.5 Å². The Kier molecular flexibility index (Phi) is 5.41. The first kappa shape index (κ1) is 15.6. The van der Waals surface area contributed by atoms with Crippen LogP contribution in [0.5, 0.6) is 0 Å². The molecule has 2 aromatic rings. The number of halogens is 1. The number of rotatable bonds is 5. The maximum Gasteiger partial charge on any atom is 0.225 e. The van der Waals surface area contributed by atoms with Crippen molar-refractivity contribution in [1.29, 1.82) is 0 Å². The molecule has 1 aromatic carbocycles. The molecule has 110 valence electrons. The molecule has 0 spiro atoms. The average molecular weight is 323 g/mol. The summed E-state index contributed by atoms with van der Waals surface area (Å²) in [6, 6.07) is 6.80. The number of hydrogen-bond donors (Lipinski definition) is 2. The predicted molar refractivity (Wildman–Crippen MR) is 86.6 cm³/mol. The van der Waals surface area contributed by atoms with Gasteiger partial charge in [-0.25, -0.2) is 9.97 Å². The lowest BCUT2D eigenvalue weighted by atomic mass is 10.2. The molecule has 0 saturated carbocycles. The van der Waals surface area contributed by atoms with E-state index in [9.17, 15) is 4.79 Å². The number of anilines is 2. The summed E-state index contributed by atoms with van der Waals surface area (Å²) < 4.78 is 0. The Balaban J connectivity index is 1.84. The lowest BCUT2D eigenvalue weighted by molar-refractivity contribution is -0.115. The van der Waals surface area contributed by atoms with E-state index < -0.39 is 0 Å². The van der Waals surface area contributed by atoms with E-state index in [4.69, 9.17) is 17.3 Å². The SMILES string of the molecule is Cc1ccnc(SCCC(=O)Nc2cc(Cl)ccc2N)n1. The minimum Gasteiger partial charge on any atom is -0.397 e. The molecule has 0 aliphatic rings. The van der Waals surface area contributed by atoms with Gasteiger partial charge >= 0.3 is 0 Å². The number of nitrogens with one attached hydrogen (secondary N) is 1. The van der Waals surface area contributed by atoms with Gasteiger partial charge in [-0.3, -0.25) is 4.79 Å². The molecule has 5 nitrogen and oxygen atoms in total. The maximum absolute atomic E-state index is 11.9. The highest BCUT2D eigenvalue weighted by molar-refractivity contribution is 7.99. The topological polar surface area (TPSA) is 80.9 Å². The minimum atomic E-state index is -0.121. The summed E-state index contributed by atoms with van der Waals surface area (Å²) in [5.74, 6) is 0.472. The molecule has 7 heteroatoms. The molecule has 0 fully saturated rings. The van der Waals surface area contributed by atoms with Gasteiger partial charge in [0.05, 0.1) is 11.4 Å². The highest BCUT2D eigenvalue weighted by Crippen LogP contribution is 2.23. The minimum absolute atomic E-state index is 0.121. The normalized spacial score (nSPS) is 10.4. The van der Waals surface area contributed by atoms with E-state index in [2.05, 4.69) is 15.3 Å². The quantitative estimate of drug-likeness (QED) is 0.502. The van der Waals surface area contributed by atoms with Gasteiger partial charge in [-0.05, 0) is 31.2 Å². The van der Waals surface area contributed by atoms with Gasteiger partial charge < -0.3 is 11.1 Å². The van der Waals surface area contributed by atoms with Crippen molar-refractivity contribution in [1.82, 2.24) is 9.97 Å². The highest BCUT2D eigenvalue weighted by atomic mass is 35.5. The van der Waals surface area contributed by atoms with Crippen molar-refractivity contribution in [3.8, 4) is 0 Å². The van der Waals surface area contributed by atoms with Gasteiger partial charge in [0.25, 0.3) is 0 Å². The average Bonchev–Trinajstić information content (AvgIpc) is 2.43. The van der Waals surface area contributed by atoms with E-state index in [-0.39, 0.29) is 5.91 Å². The molecular weight excluding hydrogens is 308 g/mol. The molecule has 1 aromatic heterocycles. The second-order valence-electron chi connectivity index (χ2n) is 4.36. The van der Waals surface area contributed by atoms with Crippen LogP contribution in [0.2, 0.25) is 5.02 Å². The van der Waals surface area contributed by atoms with E-state index in [1.165, 1.54) is 11.8 Å². The lowest BCUT2D eigenvalue weighted by Crippen LogP contribution is -2.13. The van der Waals surface area contributed by atoms with Gasteiger partial charge in [0.15, 0.2) is 5.16 Å². The van der Waals surface area contributed by atoms with Crippen LogP contribution in [0.15, 0.2) is 35.6 Å². The summed E-state index contributed by atoms with van der Waals surface area (Å²) >= 11 is 7.31. The summed E-state index contributed by atoms with van der Waals surface area (Å²) in [6.45, 7) is 1.90. The molecule has 3 N–H and O–H groups in total. The summed E-state index contributed by atoms with van der Waals surface area (Å²) in [4.78, 5) is 20.3. The number of nitrogen functional groups attached to an aromatic ring is 1. The molecule has 0 unspecified atom stereocenters. The van der Waals surface area contributed by atoms with E-state index in [1.807, 2.05) is 13.0 Å². The Morgan fingerprint density at radius 1 is 1.43 bits per heavy atom. The highest BCUT2D eigenvalue weighted by Gasteiger charge is 2.07.